The van der Waals surface area contributed by atoms with E-state index >= 15 is 0 Å². The van der Waals surface area contributed by atoms with E-state index in [1.165, 1.54) is 18.3 Å². The van der Waals surface area contributed by atoms with Crippen LogP contribution in [-0.4, -0.2) is 9.97 Å². The van der Waals surface area contributed by atoms with Crippen molar-refractivity contribution in [3.05, 3.63) is 47.1 Å². The van der Waals surface area contributed by atoms with Gasteiger partial charge in [0, 0.05) is 12.1 Å². The van der Waals surface area contributed by atoms with Gasteiger partial charge in [-0.15, -0.1) is 0 Å². The predicted octanol–water partition coefficient (Wildman–Crippen LogP) is 2.39. The summed E-state index contributed by atoms with van der Waals surface area (Å²) in [4.78, 5) is 8.23. The number of halogens is 2. The van der Waals surface area contributed by atoms with Gasteiger partial charge in [0.05, 0.1) is 11.9 Å². The van der Waals surface area contributed by atoms with Gasteiger partial charge in [-0.05, 0) is 24.3 Å². The topological polar surface area (TPSA) is 51.8 Å². The first kappa shape index (κ1) is 11.0. The number of aromatic nitrogens is 2. The van der Waals surface area contributed by atoms with Crippen LogP contribution >= 0.6 is 11.6 Å². The molecular formula is C11H9ClFN3. The first-order chi connectivity index (χ1) is 7.70. The Bertz CT molecular complexity index is 499. The Morgan fingerprint density at radius 3 is 2.56 bits per heavy atom. The maximum Gasteiger partial charge on any atom is 0.155 e. The number of nitrogens with zero attached hydrogens (tertiary/aromatic N) is 2. The Morgan fingerprint density at radius 2 is 1.94 bits per heavy atom. The molecule has 0 saturated carbocycles. The van der Waals surface area contributed by atoms with E-state index in [0.29, 0.717) is 23.5 Å². The number of hydrogen-bond acceptors (Lipinski definition) is 3. The quantitative estimate of drug-likeness (QED) is 0.873. The molecule has 2 aromatic rings. The molecule has 0 atom stereocenters. The van der Waals surface area contributed by atoms with Gasteiger partial charge in [0.2, 0.25) is 0 Å². The summed E-state index contributed by atoms with van der Waals surface area (Å²) in [5.41, 5.74) is 7.34. The molecule has 82 valence electrons. The maximum atomic E-state index is 12.8. The van der Waals surface area contributed by atoms with E-state index in [0.717, 1.165) is 0 Å². The second-order valence-corrected chi connectivity index (χ2v) is 3.57. The van der Waals surface area contributed by atoms with Gasteiger partial charge in [-0.2, -0.15) is 0 Å². The Balaban J connectivity index is 2.50. The Morgan fingerprint density at radius 1 is 1.25 bits per heavy atom. The fourth-order valence-electron chi connectivity index (χ4n) is 1.30. The molecule has 2 N–H and O–H groups in total. The van der Waals surface area contributed by atoms with Crippen LogP contribution in [0.3, 0.4) is 0 Å². The molecule has 0 aliphatic carbocycles. The van der Waals surface area contributed by atoms with E-state index in [1.807, 2.05) is 0 Å². The second kappa shape index (κ2) is 4.55. The first-order valence-electron chi connectivity index (χ1n) is 4.68. The van der Waals surface area contributed by atoms with Crippen molar-refractivity contribution >= 4 is 11.6 Å². The van der Waals surface area contributed by atoms with Crippen LogP contribution in [0.2, 0.25) is 5.15 Å². The minimum absolute atomic E-state index is 0.281. The normalized spacial score (nSPS) is 10.4. The van der Waals surface area contributed by atoms with Crippen LogP contribution in [0.15, 0.2) is 30.5 Å². The average Bonchev–Trinajstić information content (AvgIpc) is 2.31. The molecule has 0 amide bonds. The monoisotopic (exact) mass is 237 g/mol. The van der Waals surface area contributed by atoms with Crippen molar-refractivity contribution in [2.24, 2.45) is 5.73 Å². The minimum atomic E-state index is -0.303. The molecule has 0 aliphatic rings. The van der Waals surface area contributed by atoms with E-state index in [-0.39, 0.29) is 11.0 Å². The van der Waals surface area contributed by atoms with Gasteiger partial charge in [-0.3, -0.25) is 0 Å². The van der Waals surface area contributed by atoms with Gasteiger partial charge < -0.3 is 5.73 Å². The second-order valence-electron chi connectivity index (χ2n) is 3.21. The van der Waals surface area contributed by atoms with Gasteiger partial charge >= 0.3 is 0 Å². The molecule has 1 heterocycles. The standard InChI is InChI=1S/C11H9ClFN3/c12-11-10(16-9(5-14)6-15-11)7-1-3-8(13)4-2-7/h1-4,6H,5,14H2. The third kappa shape index (κ3) is 2.18. The van der Waals surface area contributed by atoms with E-state index in [9.17, 15) is 4.39 Å². The van der Waals surface area contributed by atoms with Gasteiger partial charge in [0.25, 0.3) is 0 Å². The summed E-state index contributed by atoms with van der Waals surface area (Å²) in [6, 6.07) is 5.90. The third-order valence-corrected chi connectivity index (χ3v) is 2.38. The molecule has 0 aliphatic heterocycles. The highest BCUT2D eigenvalue weighted by Crippen LogP contribution is 2.24. The summed E-state index contributed by atoms with van der Waals surface area (Å²) in [6.07, 6.45) is 1.52. The zero-order valence-corrected chi connectivity index (χ0v) is 9.08. The van der Waals surface area contributed by atoms with Crippen LogP contribution in [0.25, 0.3) is 11.3 Å². The summed E-state index contributed by atoms with van der Waals surface area (Å²) in [6.45, 7) is 0.290. The van der Waals surface area contributed by atoms with Gasteiger partial charge in [-0.25, -0.2) is 14.4 Å². The average molecular weight is 238 g/mol. The van der Waals surface area contributed by atoms with Crippen molar-refractivity contribution in [2.75, 3.05) is 0 Å². The summed E-state index contributed by atoms with van der Waals surface area (Å²) in [7, 11) is 0. The molecule has 1 aromatic heterocycles. The fraction of sp³-hybridized carbons (Fsp3) is 0.0909. The predicted molar refractivity (Wildman–Crippen MR) is 60.3 cm³/mol. The summed E-state index contributed by atoms with van der Waals surface area (Å²) < 4.78 is 12.8. The lowest BCUT2D eigenvalue weighted by Gasteiger charge is -2.04. The lowest BCUT2D eigenvalue weighted by Crippen LogP contribution is -2.02. The smallest absolute Gasteiger partial charge is 0.155 e. The van der Waals surface area contributed by atoms with Crippen molar-refractivity contribution < 1.29 is 4.39 Å². The lowest BCUT2D eigenvalue weighted by molar-refractivity contribution is 0.628. The zero-order chi connectivity index (χ0) is 11.5. The third-order valence-electron chi connectivity index (χ3n) is 2.10. The van der Waals surface area contributed by atoms with Crippen molar-refractivity contribution in [2.45, 2.75) is 6.54 Å². The summed E-state index contributed by atoms with van der Waals surface area (Å²) in [5, 5.41) is 0.281. The SMILES string of the molecule is NCc1cnc(Cl)c(-c2ccc(F)cc2)n1. The molecule has 0 spiro atoms. The van der Waals surface area contributed by atoms with Crippen LogP contribution in [0.5, 0.6) is 0 Å². The fourth-order valence-corrected chi connectivity index (χ4v) is 1.50. The molecule has 3 nitrogen and oxygen atoms in total. The molecule has 0 unspecified atom stereocenters. The van der Waals surface area contributed by atoms with Crippen LogP contribution in [-0.2, 0) is 6.54 Å². The molecule has 0 saturated heterocycles. The molecule has 16 heavy (non-hydrogen) atoms. The first-order valence-corrected chi connectivity index (χ1v) is 5.06. The Labute approximate surface area is 97.1 Å². The molecule has 0 radical (unpaired) electrons. The number of nitrogens with two attached hydrogens (primary N) is 1. The zero-order valence-electron chi connectivity index (χ0n) is 8.32. The van der Waals surface area contributed by atoms with E-state index in [2.05, 4.69) is 9.97 Å². The largest absolute Gasteiger partial charge is 0.325 e. The minimum Gasteiger partial charge on any atom is -0.325 e. The van der Waals surface area contributed by atoms with Gasteiger partial charge in [-0.1, -0.05) is 11.6 Å². The highest BCUT2D eigenvalue weighted by atomic mass is 35.5. The molecule has 0 fully saturated rings. The number of hydrogen-bond donors (Lipinski definition) is 1. The number of rotatable bonds is 2. The molecule has 1 aromatic carbocycles. The highest BCUT2D eigenvalue weighted by molar-refractivity contribution is 6.31. The van der Waals surface area contributed by atoms with Crippen LogP contribution in [0, 0.1) is 5.82 Å². The van der Waals surface area contributed by atoms with Crippen molar-refractivity contribution in [3.8, 4) is 11.3 Å². The van der Waals surface area contributed by atoms with Crippen LogP contribution in [0.1, 0.15) is 5.69 Å². The molecule has 5 heteroatoms. The van der Waals surface area contributed by atoms with Gasteiger partial charge in [0.1, 0.15) is 11.5 Å². The number of benzene rings is 1. The Kier molecular flexibility index (Phi) is 3.12. The Hall–Kier alpha value is -1.52. The summed E-state index contributed by atoms with van der Waals surface area (Å²) in [5.74, 6) is -0.303. The van der Waals surface area contributed by atoms with E-state index in [1.54, 1.807) is 12.1 Å². The van der Waals surface area contributed by atoms with Crippen LogP contribution in [0.4, 0.5) is 4.39 Å². The molecule has 2 rings (SSSR count). The summed E-state index contributed by atoms with van der Waals surface area (Å²) >= 11 is 5.92. The van der Waals surface area contributed by atoms with Crippen molar-refractivity contribution in [1.29, 1.82) is 0 Å². The van der Waals surface area contributed by atoms with E-state index in [4.69, 9.17) is 17.3 Å². The van der Waals surface area contributed by atoms with Gasteiger partial charge in [0.15, 0.2) is 5.15 Å². The van der Waals surface area contributed by atoms with Crippen molar-refractivity contribution in [3.63, 3.8) is 0 Å². The molecule has 0 bridgehead atoms. The van der Waals surface area contributed by atoms with E-state index < -0.39 is 0 Å². The maximum absolute atomic E-state index is 12.8. The highest BCUT2D eigenvalue weighted by Gasteiger charge is 2.07. The van der Waals surface area contributed by atoms with Crippen molar-refractivity contribution in [1.82, 2.24) is 9.97 Å². The van der Waals surface area contributed by atoms with Crippen LogP contribution < -0.4 is 5.73 Å². The molecular weight excluding hydrogens is 229 g/mol. The lowest BCUT2D eigenvalue weighted by atomic mass is 10.1.